The van der Waals surface area contributed by atoms with Crippen molar-refractivity contribution in [3.8, 4) is 11.1 Å². The summed E-state index contributed by atoms with van der Waals surface area (Å²) in [5.41, 5.74) is 2.53. The Bertz CT molecular complexity index is 1410. The molecule has 31 heavy (non-hydrogen) atoms. The summed E-state index contributed by atoms with van der Waals surface area (Å²) in [5.74, 6) is 1.52. The standard InChI is InChI=1S/C22H15ClN4O2S2/c23-16-9-5-4-8-14(16)15-11-30-21-19(15)20(28)24-17(25-21)12-31-22-27-26-18(29-22)10-13-6-2-1-3-7-13/h1-9,11H,10,12H2,(H,24,25,28). The van der Waals surface area contributed by atoms with Crippen LogP contribution in [0.2, 0.25) is 5.02 Å². The molecule has 0 aliphatic heterocycles. The summed E-state index contributed by atoms with van der Waals surface area (Å²) < 4.78 is 5.71. The van der Waals surface area contributed by atoms with E-state index in [1.165, 1.54) is 23.1 Å². The smallest absolute Gasteiger partial charge is 0.277 e. The zero-order valence-corrected chi connectivity index (χ0v) is 18.4. The molecule has 0 saturated carbocycles. The third-order valence-corrected chi connectivity index (χ3v) is 6.67. The van der Waals surface area contributed by atoms with Gasteiger partial charge in [0.15, 0.2) is 0 Å². The van der Waals surface area contributed by atoms with Crippen LogP contribution in [0.5, 0.6) is 0 Å². The van der Waals surface area contributed by atoms with Crippen LogP contribution in [-0.2, 0) is 12.2 Å². The van der Waals surface area contributed by atoms with Crippen LogP contribution in [0.4, 0.5) is 0 Å². The average Bonchev–Trinajstić information content (AvgIpc) is 3.41. The van der Waals surface area contributed by atoms with Gasteiger partial charge in [-0.15, -0.1) is 21.5 Å². The number of aromatic nitrogens is 4. The van der Waals surface area contributed by atoms with Crippen LogP contribution >= 0.6 is 34.7 Å². The molecular formula is C22H15ClN4O2S2. The molecule has 1 N–H and O–H groups in total. The van der Waals surface area contributed by atoms with Crippen molar-refractivity contribution >= 4 is 44.9 Å². The van der Waals surface area contributed by atoms with Gasteiger partial charge in [-0.05, 0) is 11.6 Å². The molecule has 9 heteroatoms. The Morgan fingerprint density at radius 1 is 1.03 bits per heavy atom. The maximum atomic E-state index is 12.8. The lowest BCUT2D eigenvalue weighted by atomic mass is 10.1. The number of hydrogen-bond acceptors (Lipinski definition) is 7. The molecule has 0 bridgehead atoms. The number of H-pyrrole nitrogens is 1. The highest BCUT2D eigenvalue weighted by atomic mass is 35.5. The molecular weight excluding hydrogens is 452 g/mol. The van der Waals surface area contributed by atoms with Crippen LogP contribution in [0.25, 0.3) is 21.3 Å². The van der Waals surface area contributed by atoms with E-state index in [1.54, 1.807) is 0 Å². The number of halogens is 1. The Kier molecular flexibility index (Phi) is 5.59. The normalized spacial score (nSPS) is 11.3. The predicted octanol–water partition coefficient (Wildman–Crippen LogP) is 5.57. The van der Waals surface area contributed by atoms with Gasteiger partial charge in [0.1, 0.15) is 10.7 Å². The lowest BCUT2D eigenvalue weighted by Crippen LogP contribution is -2.10. The number of aromatic amines is 1. The molecule has 154 valence electrons. The lowest BCUT2D eigenvalue weighted by molar-refractivity contribution is 0.420. The van der Waals surface area contributed by atoms with Crippen molar-refractivity contribution in [2.75, 3.05) is 0 Å². The van der Waals surface area contributed by atoms with Gasteiger partial charge in [-0.25, -0.2) is 4.98 Å². The Morgan fingerprint density at radius 2 is 1.84 bits per heavy atom. The quantitative estimate of drug-likeness (QED) is 0.329. The summed E-state index contributed by atoms with van der Waals surface area (Å²) in [7, 11) is 0. The van der Waals surface area contributed by atoms with Gasteiger partial charge in [0.05, 0.1) is 17.6 Å². The molecule has 0 saturated heterocycles. The average molecular weight is 467 g/mol. The Labute approximate surface area is 190 Å². The van der Waals surface area contributed by atoms with E-state index in [0.29, 0.717) is 44.4 Å². The number of rotatable bonds is 6. The molecule has 0 aliphatic rings. The van der Waals surface area contributed by atoms with Crippen LogP contribution in [-0.4, -0.2) is 20.2 Å². The minimum absolute atomic E-state index is 0.188. The molecule has 6 nitrogen and oxygen atoms in total. The van der Waals surface area contributed by atoms with Gasteiger partial charge in [-0.1, -0.05) is 71.9 Å². The van der Waals surface area contributed by atoms with Gasteiger partial charge >= 0.3 is 0 Å². The second-order valence-corrected chi connectivity index (χ2v) is 8.93. The van der Waals surface area contributed by atoms with E-state index >= 15 is 0 Å². The Balaban J connectivity index is 1.34. The first-order valence-corrected chi connectivity index (χ1v) is 11.7. The minimum Gasteiger partial charge on any atom is -0.416 e. The van der Waals surface area contributed by atoms with Gasteiger partial charge in [0.2, 0.25) is 5.89 Å². The molecule has 3 aromatic heterocycles. The number of hydrogen-bond donors (Lipinski definition) is 1. The molecule has 0 aliphatic carbocycles. The van der Waals surface area contributed by atoms with Crippen molar-refractivity contribution in [2.45, 2.75) is 17.4 Å². The summed E-state index contributed by atoms with van der Waals surface area (Å²) in [4.78, 5) is 20.9. The van der Waals surface area contributed by atoms with Gasteiger partial charge in [0.25, 0.3) is 10.8 Å². The van der Waals surface area contributed by atoms with Crippen LogP contribution in [0.1, 0.15) is 17.3 Å². The molecule has 0 spiro atoms. The molecule has 5 rings (SSSR count). The summed E-state index contributed by atoms with van der Waals surface area (Å²) in [5, 5.41) is 11.7. The summed E-state index contributed by atoms with van der Waals surface area (Å²) in [6.07, 6.45) is 0.579. The van der Waals surface area contributed by atoms with Gasteiger partial charge in [0, 0.05) is 21.5 Å². The largest absolute Gasteiger partial charge is 0.416 e. The van der Waals surface area contributed by atoms with Crippen molar-refractivity contribution in [2.24, 2.45) is 0 Å². The zero-order chi connectivity index (χ0) is 21.2. The zero-order valence-electron chi connectivity index (χ0n) is 16.0. The fourth-order valence-electron chi connectivity index (χ4n) is 3.21. The van der Waals surface area contributed by atoms with Crippen LogP contribution in [0.3, 0.4) is 0 Å². The number of fused-ring (bicyclic) bond motifs is 1. The van der Waals surface area contributed by atoms with Crippen molar-refractivity contribution in [1.29, 1.82) is 0 Å². The van der Waals surface area contributed by atoms with Gasteiger partial charge < -0.3 is 9.40 Å². The number of thioether (sulfide) groups is 1. The van der Waals surface area contributed by atoms with Crippen molar-refractivity contribution in [3.63, 3.8) is 0 Å². The van der Waals surface area contributed by atoms with Crippen molar-refractivity contribution < 1.29 is 4.42 Å². The fourth-order valence-corrected chi connectivity index (χ4v) is 5.05. The second kappa shape index (κ2) is 8.66. The molecule has 0 radical (unpaired) electrons. The molecule has 2 aromatic carbocycles. The molecule has 0 amide bonds. The van der Waals surface area contributed by atoms with Crippen LogP contribution < -0.4 is 5.56 Å². The molecule has 5 aromatic rings. The number of nitrogens with one attached hydrogen (secondary N) is 1. The third kappa shape index (κ3) is 4.27. The predicted molar refractivity (Wildman–Crippen MR) is 124 cm³/mol. The van der Waals surface area contributed by atoms with E-state index in [2.05, 4.69) is 20.2 Å². The van der Waals surface area contributed by atoms with Crippen LogP contribution in [0.15, 0.2) is 74.4 Å². The van der Waals surface area contributed by atoms with Gasteiger partial charge in [-0.2, -0.15) is 0 Å². The Hall–Kier alpha value is -2.94. The van der Waals surface area contributed by atoms with Crippen molar-refractivity contribution in [1.82, 2.24) is 20.2 Å². The first kappa shape index (κ1) is 20.0. The van der Waals surface area contributed by atoms with Crippen LogP contribution in [0, 0.1) is 0 Å². The van der Waals surface area contributed by atoms with Gasteiger partial charge in [-0.3, -0.25) is 4.79 Å². The topological polar surface area (TPSA) is 84.7 Å². The number of nitrogens with zero attached hydrogens (tertiary/aromatic N) is 3. The van der Waals surface area contributed by atoms with E-state index in [-0.39, 0.29) is 5.56 Å². The first-order valence-electron chi connectivity index (χ1n) is 9.42. The molecule has 0 atom stereocenters. The molecule has 3 heterocycles. The minimum atomic E-state index is -0.188. The highest BCUT2D eigenvalue weighted by molar-refractivity contribution is 7.98. The number of benzene rings is 2. The van der Waals surface area contributed by atoms with E-state index < -0.39 is 0 Å². The first-order chi connectivity index (χ1) is 15.2. The van der Waals surface area contributed by atoms with E-state index in [0.717, 1.165) is 16.7 Å². The van der Waals surface area contributed by atoms with Crippen molar-refractivity contribution in [3.05, 3.63) is 92.6 Å². The third-order valence-electron chi connectivity index (χ3n) is 4.64. The van der Waals surface area contributed by atoms with E-state index in [1.807, 2.05) is 60.0 Å². The van der Waals surface area contributed by atoms with E-state index in [9.17, 15) is 4.79 Å². The summed E-state index contributed by atoms with van der Waals surface area (Å²) in [6.45, 7) is 0. The Morgan fingerprint density at radius 3 is 2.68 bits per heavy atom. The monoisotopic (exact) mass is 466 g/mol. The summed E-state index contributed by atoms with van der Waals surface area (Å²) in [6, 6.07) is 17.4. The highest BCUT2D eigenvalue weighted by Crippen LogP contribution is 2.35. The lowest BCUT2D eigenvalue weighted by Gasteiger charge is -2.03. The summed E-state index contributed by atoms with van der Waals surface area (Å²) >= 11 is 9.08. The van der Waals surface area contributed by atoms with E-state index in [4.69, 9.17) is 16.0 Å². The number of thiophene rings is 1. The second-order valence-electron chi connectivity index (χ2n) is 6.73. The SMILES string of the molecule is O=c1[nH]c(CSc2nnc(Cc3ccccc3)o2)nc2scc(-c3ccccc3Cl)c12. The maximum absolute atomic E-state index is 12.8. The molecule has 0 fully saturated rings. The maximum Gasteiger partial charge on any atom is 0.277 e. The molecule has 0 unspecified atom stereocenters. The fraction of sp³-hybridized carbons (Fsp3) is 0.0909. The highest BCUT2D eigenvalue weighted by Gasteiger charge is 2.15.